The summed E-state index contributed by atoms with van der Waals surface area (Å²) in [5.74, 6) is -0.424. The van der Waals surface area contributed by atoms with Crippen LogP contribution in [0.3, 0.4) is 0 Å². The average molecular weight is 379 g/mol. The van der Waals surface area contributed by atoms with Crippen molar-refractivity contribution >= 4 is 23.7 Å². The van der Waals surface area contributed by atoms with Crippen LogP contribution < -0.4 is 5.32 Å². The van der Waals surface area contributed by atoms with Crippen LogP contribution in [0.15, 0.2) is 57.8 Å². The van der Waals surface area contributed by atoms with Gasteiger partial charge in [0.05, 0.1) is 5.56 Å². The van der Waals surface area contributed by atoms with E-state index in [-0.39, 0.29) is 17.5 Å². The number of carbonyl (C=O) groups is 1. The van der Waals surface area contributed by atoms with Crippen molar-refractivity contribution in [2.75, 3.05) is 11.6 Å². The van der Waals surface area contributed by atoms with E-state index in [2.05, 4.69) is 15.5 Å². The number of carbonyl (C=O) groups excluding carboxylic acids is 1. The predicted octanol–water partition coefficient (Wildman–Crippen LogP) is 4.73. The first-order valence-corrected chi connectivity index (χ1v) is 8.56. The quantitative estimate of drug-likeness (QED) is 0.664. The molecule has 1 amide bonds. The third kappa shape index (κ3) is 4.05. The van der Waals surface area contributed by atoms with Gasteiger partial charge in [0.2, 0.25) is 5.89 Å². The molecule has 0 spiro atoms. The van der Waals surface area contributed by atoms with Crippen molar-refractivity contribution in [3.8, 4) is 11.5 Å². The highest BCUT2D eigenvalue weighted by Gasteiger charge is 2.30. The molecule has 0 atom stereocenters. The Morgan fingerprint density at radius 1 is 1.04 bits per heavy atom. The number of thioether (sulfide) groups is 1. The van der Waals surface area contributed by atoms with Crippen molar-refractivity contribution in [3.63, 3.8) is 0 Å². The van der Waals surface area contributed by atoms with Crippen LogP contribution >= 0.6 is 11.8 Å². The average Bonchev–Trinajstić information content (AvgIpc) is 3.09. The Bertz CT molecular complexity index is 906. The number of hydrogen-bond donors (Lipinski definition) is 1. The fourth-order valence-corrected chi connectivity index (χ4v) is 2.51. The highest BCUT2D eigenvalue weighted by Crippen LogP contribution is 2.29. The Balaban J connectivity index is 1.71. The van der Waals surface area contributed by atoms with E-state index < -0.39 is 17.6 Å². The number of nitrogens with zero attached hydrogens (tertiary/aromatic N) is 2. The molecule has 26 heavy (non-hydrogen) atoms. The molecule has 3 rings (SSSR count). The lowest BCUT2D eigenvalue weighted by atomic mass is 10.1. The highest BCUT2D eigenvalue weighted by molar-refractivity contribution is 7.98. The number of benzene rings is 2. The Hall–Kier alpha value is -2.81. The standard InChI is InChI=1S/C17H12F3N3O2S/c1-26-13-8-4-11(5-9-13)15-22-23-16(25-15)21-14(24)10-2-6-12(7-3-10)17(18,19)20/h2-9H,1H3,(H,21,23,24). The fraction of sp³-hybridized carbons (Fsp3) is 0.118. The zero-order chi connectivity index (χ0) is 18.7. The van der Waals surface area contributed by atoms with E-state index >= 15 is 0 Å². The number of halogens is 3. The molecular formula is C17H12F3N3O2S. The van der Waals surface area contributed by atoms with Gasteiger partial charge in [0, 0.05) is 16.0 Å². The van der Waals surface area contributed by atoms with E-state index in [0.29, 0.717) is 5.56 Å². The van der Waals surface area contributed by atoms with Gasteiger partial charge in [-0.25, -0.2) is 0 Å². The van der Waals surface area contributed by atoms with Crippen LogP contribution in [-0.2, 0) is 6.18 Å². The molecule has 1 N–H and O–H groups in total. The summed E-state index contributed by atoms with van der Waals surface area (Å²) >= 11 is 1.59. The summed E-state index contributed by atoms with van der Waals surface area (Å²) in [6.07, 6.45) is -2.50. The van der Waals surface area contributed by atoms with Crippen LogP contribution in [0.4, 0.5) is 19.2 Å². The molecule has 0 aliphatic rings. The normalized spacial score (nSPS) is 11.4. The first-order valence-electron chi connectivity index (χ1n) is 7.33. The lowest BCUT2D eigenvalue weighted by Crippen LogP contribution is -2.13. The first kappa shape index (κ1) is 18.0. The molecule has 0 aliphatic heterocycles. The molecule has 3 aromatic rings. The summed E-state index contributed by atoms with van der Waals surface area (Å²) < 4.78 is 43.0. The van der Waals surface area contributed by atoms with Crippen LogP contribution in [0.2, 0.25) is 0 Å². The maximum atomic E-state index is 12.5. The monoisotopic (exact) mass is 379 g/mol. The Labute approximate surface area is 150 Å². The molecule has 0 radical (unpaired) electrons. The molecule has 0 bridgehead atoms. The number of alkyl halides is 3. The number of hydrogen-bond acceptors (Lipinski definition) is 5. The molecule has 1 heterocycles. The van der Waals surface area contributed by atoms with Crippen molar-refractivity contribution in [1.82, 2.24) is 10.2 Å². The number of aromatic nitrogens is 2. The molecule has 134 valence electrons. The van der Waals surface area contributed by atoms with Crippen molar-refractivity contribution in [2.45, 2.75) is 11.1 Å². The van der Waals surface area contributed by atoms with Crippen molar-refractivity contribution < 1.29 is 22.4 Å². The highest BCUT2D eigenvalue weighted by atomic mass is 32.2. The van der Waals surface area contributed by atoms with Crippen LogP contribution in [0, 0.1) is 0 Å². The summed E-state index contributed by atoms with van der Waals surface area (Å²) in [6, 6.07) is 11.1. The minimum absolute atomic E-state index is 0.0436. The Kier molecular flexibility index (Phi) is 4.99. The van der Waals surface area contributed by atoms with Gasteiger partial charge in [0.15, 0.2) is 0 Å². The van der Waals surface area contributed by atoms with Crippen molar-refractivity contribution in [3.05, 3.63) is 59.7 Å². The SMILES string of the molecule is CSc1ccc(-c2nnc(NC(=O)c3ccc(C(F)(F)F)cc3)o2)cc1. The fourth-order valence-electron chi connectivity index (χ4n) is 2.10. The Morgan fingerprint density at radius 3 is 2.27 bits per heavy atom. The molecule has 0 saturated heterocycles. The molecular weight excluding hydrogens is 367 g/mol. The Morgan fingerprint density at radius 2 is 1.69 bits per heavy atom. The molecule has 0 aliphatic carbocycles. The minimum atomic E-state index is -4.46. The molecule has 1 aromatic heterocycles. The zero-order valence-corrected chi connectivity index (χ0v) is 14.2. The molecule has 2 aromatic carbocycles. The lowest BCUT2D eigenvalue weighted by Gasteiger charge is -2.07. The van der Waals surface area contributed by atoms with E-state index in [4.69, 9.17) is 4.42 Å². The smallest absolute Gasteiger partial charge is 0.403 e. The topological polar surface area (TPSA) is 68.0 Å². The second kappa shape index (κ2) is 7.20. The van der Waals surface area contributed by atoms with Crippen LogP contribution in [-0.4, -0.2) is 22.4 Å². The van der Waals surface area contributed by atoms with E-state index in [9.17, 15) is 18.0 Å². The lowest BCUT2D eigenvalue weighted by molar-refractivity contribution is -0.137. The summed E-state index contributed by atoms with van der Waals surface area (Å²) in [5.41, 5.74) is -0.102. The molecule has 9 heteroatoms. The maximum Gasteiger partial charge on any atom is 0.416 e. The molecule has 5 nitrogen and oxygen atoms in total. The molecule has 0 fully saturated rings. The second-order valence-electron chi connectivity index (χ2n) is 5.17. The molecule has 0 saturated carbocycles. The van der Waals surface area contributed by atoms with Crippen molar-refractivity contribution in [1.29, 1.82) is 0 Å². The number of anilines is 1. The third-order valence-corrected chi connectivity index (χ3v) is 4.20. The van der Waals surface area contributed by atoms with Crippen molar-refractivity contribution in [2.24, 2.45) is 0 Å². The van der Waals surface area contributed by atoms with Gasteiger partial charge in [-0.1, -0.05) is 5.10 Å². The van der Waals surface area contributed by atoms with E-state index in [1.165, 1.54) is 0 Å². The van der Waals surface area contributed by atoms with Gasteiger partial charge in [-0.3, -0.25) is 10.1 Å². The maximum absolute atomic E-state index is 12.5. The summed E-state index contributed by atoms with van der Waals surface area (Å²) in [5, 5.41) is 9.94. The van der Waals surface area contributed by atoms with Gasteiger partial charge in [-0.15, -0.1) is 16.9 Å². The molecule has 0 unspecified atom stereocenters. The van der Waals surface area contributed by atoms with Gasteiger partial charge in [-0.05, 0) is 54.8 Å². The number of rotatable bonds is 4. The largest absolute Gasteiger partial charge is 0.416 e. The van der Waals surface area contributed by atoms with E-state index in [0.717, 1.165) is 29.2 Å². The minimum Gasteiger partial charge on any atom is -0.403 e. The predicted molar refractivity (Wildman–Crippen MR) is 90.9 cm³/mol. The van der Waals surface area contributed by atoms with Gasteiger partial charge in [0.1, 0.15) is 0 Å². The van der Waals surface area contributed by atoms with E-state index in [1.807, 2.05) is 18.4 Å². The van der Waals surface area contributed by atoms with Gasteiger partial charge in [0.25, 0.3) is 5.91 Å². The first-order chi connectivity index (χ1) is 12.4. The summed E-state index contributed by atoms with van der Waals surface area (Å²) in [4.78, 5) is 13.2. The zero-order valence-electron chi connectivity index (χ0n) is 13.4. The van der Waals surface area contributed by atoms with E-state index in [1.54, 1.807) is 23.9 Å². The van der Waals surface area contributed by atoms with Crippen LogP contribution in [0.5, 0.6) is 0 Å². The number of nitrogens with one attached hydrogen (secondary N) is 1. The second-order valence-corrected chi connectivity index (χ2v) is 6.05. The van der Waals surface area contributed by atoms with Crippen LogP contribution in [0.25, 0.3) is 11.5 Å². The van der Waals surface area contributed by atoms with Gasteiger partial charge in [-0.2, -0.15) is 13.2 Å². The summed E-state index contributed by atoms with van der Waals surface area (Å²) in [6.45, 7) is 0. The third-order valence-electron chi connectivity index (χ3n) is 3.46. The summed E-state index contributed by atoms with van der Waals surface area (Å²) in [7, 11) is 0. The number of amides is 1. The van der Waals surface area contributed by atoms with Gasteiger partial charge >= 0.3 is 12.2 Å². The van der Waals surface area contributed by atoms with Crippen LogP contribution in [0.1, 0.15) is 15.9 Å². The van der Waals surface area contributed by atoms with Gasteiger partial charge < -0.3 is 4.42 Å².